The van der Waals surface area contributed by atoms with Crippen LogP contribution in [0.15, 0.2) is 20.2 Å². The molecule has 0 fully saturated rings. The first-order valence-electron chi connectivity index (χ1n) is 4.54. The van der Waals surface area contributed by atoms with E-state index < -0.39 is 10.2 Å². The first kappa shape index (κ1) is 17.7. The first-order chi connectivity index (χ1) is 9.40. The number of hydrogen-bond donors (Lipinski definition) is 0. The number of nitrogens with zero attached hydrogens (tertiary/aromatic N) is 2. The largest absolute Gasteiger partial charge is 0.496 e. The third-order valence-corrected chi connectivity index (χ3v) is 3.00. The number of thiophene rings is 1. The van der Waals surface area contributed by atoms with Crippen LogP contribution >= 0.6 is 11.3 Å². The molecule has 0 spiro atoms. The highest BCUT2D eigenvalue weighted by molar-refractivity contribution is 7.89. The van der Waals surface area contributed by atoms with E-state index in [2.05, 4.69) is 13.5 Å². The van der Waals surface area contributed by atoms with Crippen LogP contribution < -0.4 is 4.74 Å². The van der Waals surface area contributed by atoms with Crippen LogP contribution in [0.4, 0.5) is 0 Å². The molecule has 1 aromatic rings. The molecule has 0 atom stereocenters. The maximum absolute atomic E-state index is 10.9. The molecule has 0 bridgehead atoms. The Morgan fingerprint density at radius 2 is 1.80 bits per heavy atom. The van der Waals surface area contributed by atoms with Gasteiger partial charge in [0.2, 0.25) is 0 Å². The van der Waals surface area contributed by atoms with Crippen molar-refractivity contribution in [2.24, 2.45) is 8.80 Å². The SMILES string of the molecule is COC(=O)c1cc(OC)cs1.O=C=NS(=O)(=O)N=C=O. The molecular formula is C9H8N2O7S2. The minimum Gasteiger partial charge on any atom is -0.496 e. The molecule has 1 rings (SSSR count). The van der Waals surface area contributed by atoms with E-state index in [1.54, 1.807) is 18.6 Å². The number of ether oxygens (including phenoxy) is 2. The highest BCUT2D eigenvalue weighted by Gasteiger charge is 2.08. The molecule has 0 aliphatic rings. The van der Waals surface area contributed by atoms with Crippen LogP contribution in [-0.4, -0.2) is 40.8 Å². The second-order valence-electron chi connectivity index (χ2n) is 2.66. The van der Waals surface area contributed by atoms with E-state index in [-0.39, 0.29) is 5.97 Å². The zero-order valence-corrected chi connectivity index (χ0v) is 11.9. The highest BCUT2D eigenvalue weighted by atomic mass is 32.2. The van der Waals surface area contributed by atoms with Crippen molar-refractivity contribution in [2.75, 3.05) is 14.2 Å². The molecule has 0 amide bonds. The molecule has 1 aromatic heterocycles. The van der Waals surface area contributed by atoms with Crippen molar-refractivity contribution in [3.05, 3.63) is 16.3 Å². The average molecular weight is 320 g/mol. The number of isocyanates is 2. The van der Waals surface area contributed by atoms with Gasteiger partial charge in [-0.25, -0.2) is 14.4 Å². The summed E-state index contributed by atoms with van der Waals surface area (Å²) in [5, 5.41) is 1.76. The van der Waals surface area contributed by atoms with Gasteiger partial charge in [-0.3, -0.25) is 0 Å². The molecule has 0 saturated carbocycles. The Labute approximate surface area is 117 Å². The second-order valence-corrected chi connectivity index (χ2v) is 4.83. The Kier molecular flexibility index (Phi) is 7.71. The molecule has 0 saturated heterocycles. The number of methoxy groups -OCH3 is 2. The summed E-state index contributed by atoms with van der Waals surface area (Å²) in [5.74, 6) is 0.369. The fourth-order valence-electron chi connectivity index (χ4n) is 0.748. The molecule has 0 N–H and O–H groups in total. The van der Waals surface area contributed by atoms with Crippen LogP contribution in [0.2, 0.25) is 0 Å². The van der Waals surface area contributed by atoms with Crippen molar-refractivity contribution in [2.45, 2.75) is 0 Å². The second kappa shape index (κ2) is 8.73. The Hall–Kier alpha value is -2.32. The van der Waals surface area contributed by atoms with Crippen LogP contribution in [0.3, 0.4) is 0 Å². The Balaban J connectivity index is 0.000000370. The van der Waals surface area contributed by atoms with Gasteiger partial charge in [0.25, 0.3) is 12.2 Å². The van der Waals surface area contributed by atoms with E-state index in [1.807, 2.05) is 0 Å². The minimum atomic E-state index is -4.28. The molecule has 0 unspecified atom stereocenters. The summed E-state index contributed by atoms with van der Waals surface area (Å²) >= 11 is 1.31. The zero-order chi connectivity index (χ0) is 15.6. The highest BCUT2D eigenvalue weighted by Crippen LogP contribution is 2.21. The lowest BCUT2D eigenvalue weighted by Crippen LogP contribution is -1.96. The van der Waals surface area contributed by atoms with Crippen LogP contribution in [0, 0.1) is 0 Å². The fourth-order valence-corrected chi connectivity index (χ4v) is 1.75. The summed E-state index contributed by atoms with van der Waals surface area (Å²) in [7, 11) is -1.36. The maximum Gasteiger partial charge on any atom is 0.383 e. The number of hydrogen-bond acceptors (Lipinski definition) is 8. The average Bonchev–Trinajstić information content (AvgIpc) is 2.87. The lowest BCUT2D eigenvalue weighted by atomic mass is 10.4. The van der Waals surface area contributed by atoms with Crippen LogP contribution in [0.25, 0.3) is 0 Å². The predicted molar refractivity (Wildman–Crippen MR) is 67.4 cm³/mol. The quantitative estimate of drug-likeness (QED) is 0.447. The standard InChI is InChI=1S/C7H8O3S.C2N2O4S/c1-9-5-3-6(11-4-5)7(8)10-2;5-1-3-9(7,8)4-2-6/h3-4H,1-2H3;. The van der Waals surface area contributed by atoms with Crippen LogP contribution in [0.1, 0.15) is 9.67 Å². The number of rotatable bonds is 4. The van der Waals surface area contributed by atoms with Gasteiger partial charge in [-0.05, 0) is 0 Å². The van der Waals surface area contributed by atoms with E-state index in [0.717, 1.165) is 0 Å². The van der Waals surface area contributed by atoms with Gasteiger partial charge in [0.1, 0.15) is 10.6 Å². The monoisotopic (exact) mass is 320 g/mol. The van der Waals surface area contributed by atoms with Gasteiger partial charge in [0.05, 0.1) is 14.2 Å². The van der Waals surface area contributed by atoms with Crippen molar-refractivity contribution in [3.8, 4) is 5.75 Å². The molecule has 0 radical (unpaired) electrons. The van der Waals surface area contributed by atoms with Gasteiger partial charge in [-0.1, -0.05) is 8.80 Å². The minimum absolute atomic E-state index is 0.321. The predicted octanol–water partition coefficient (Wildman–Crippen LogP) is 0.446. The van der Waals surface area contributed by atoms with E-state index >= 15 is 0 Å². The van der Waals surface area contributed by atoms with Crippen molar-refractivity contribution in [3.63, 3.8) is 0 Å². The fraction of sp³-hybridized carbons (Fsp3) is 0.222. The summed E-state index contributed by atoms with van der Waals surface area (Å²) in [4.78, 5) is 29.9. The lowest BCUT2D eigenvalue weighted by Gasteiger charge is -1.91. The maximum atomic E-state index is 10.9. The van der Waals surface area contributed by atoms with Crippen molar-refractivity contribution in [1.82, 2.24) is 0 Å². The molecule has 9 nitrogen and oxygen atoms in total. The van der Waals surface area contributed by atoms with E-state index in [1.165, 1.54) is 18.4 Å². The van der Waals surface area contributed by atoms with Gasteiger partial charge in [-0.2, -0.15) is 8.42 Å². The Morgan fingerprint density at radius 1 is 1.25 bits per heavy atom. The third kappa shape index (κ3) is 6.57. The molecule has 0 aromatic carbocycles. The van der Waals surface area contributed by atoms with Gasteiger partial charge < -0.3 is 9.47 Å². The molecule has 0 aliphatic carbocycles. The lowest BCUT2D eigenvalue weighted by molar-refractivity contribution is 0.0606. The molecule has 11 heteroatoms. The number of carbonyl (C=O) groups is 1. The summed E-state index contributed by atoms with van der Waals surface area (Å²) in [6.45, 7) is 0. The summed E-state index contributed by atoms with van der Waals surface area (Å²) in [6.07, 6.45) is 1.41. The molecule has 108 valence electrons. The van der Waals surface area contributed by atoms with Crippen LogP contribution in [-0.2, 0) is 24.5 Å². The zero-order valence-electron chi connectivity index (χ0n) is 10.2. The summed E-state index contributed by atoms with van der Waals surface area (Å²) in [6, 6.07) is 1.65. The molecule has 0 aliphatic heterocycles. The third-order valence-electron chi connectivity index (χ3n) is 1.50. The van der Waals surface area contributed by atoms with E-state index in [9.17, 15) is 22.8 Å². The van der Waals surface area contributed by atoms with Gasteiger partial charge in [0.15, 0.2) is 0 Å². The smallest absolute Gasteiger partial charge is 0.383 e. The molecule has 20 heavy (non-hydrogen) atoms. The summed E-state index contributed by atoms with van der Waals surface area (Å²) < 4.78 is 33.7. The van der Waals surface area contributed by atoms with Crippen molar-refractivity contribution >= 4 is 39.7 Å². The number of carbonyl (C=O) groups excluding carboxylic acids is 3. The van der Waals surface area contributed by atoms with Gasteiger partial charge in [0, 0.05) is 11.4 Å². The first-order valence-corrected chi connectivity index (χ1v) is 6.82. The van der Waals surface area contributed by atoms with Gasteiger partial charge >= 0.3 is 16.2 Å². The topological polar surface area (TPSA) is 129 Å². The van der Waals surface area contributed by atoms with E-state index in [4.69, 9.17) is 4.74 Å². The van der Waals surface area contributed by atoms with E-state index in [0.29, 0.717) is 22.8 Å². The summed E-state index contributed by atoms with van der Waals surface area (Å²) in [5.41, 5.74) is 0. The molecular weight excluding hydrogens is 312 g/mol. The van der Waals surface area contributed by atoms with Crippen molar-refractivity contribution in [1.29, 1.82) is 0 Å². The van der Waals surface area contributed by atoms with Gasteiger partial charge in [-0.15, -0.1) is 11.3 Å². The molecule has 1 heterocycles. The Morgan fingerprint density at radius 3 is 2.15 bits per heavy atom. The number of esters is 1. The van der Waals surface area contributed by atoms with Crippen LogP contribution in [0.5, 0.6) is 5.75 Å². The van der Waals surface area contributed by atoms with Crippen molar-refractivity contribution < 1.29 is 32.3 Å². The Bertz CT molecular complexity index is 628. The normalized spacial score (nSPS) is 9.10.